The summed E-state index contributed by atoms with van der Waals surface area (Å²) < 4.78 is 84.6. The molecule has 18 fully saturated rings. The van der Waals surface area contributed by atoms with Crippen LogP contribution in [0, 0.1) is 0 Å². The average Bonchev–Trinajstić information content (AvgIpc) is 2.86. The average molecular weight is 1800 g/mol. The summed E-state index contributed by atoms with van der Waals surface area (Å²) in [5.74, 6) is 0. The Bertz CT molecular complexity index is 2110. The van der Waals surface area contributed by atoms with E-state index in [1.54, 1.807) is 0 Å². The lowest BCUT2D eigenvalue weighted by molar-refractivity contribution is -0.426. The quantitative estimate of drug-likeness (QED) is 0.0716. The molecule has 18 aliphatic heterocycles. The van der Waals surface area contributed by atoms with Crippen LogP contribution >= 0.6 is 127 Å². The summed E-state index contributed by atoms with van der Waals surface area (Å²) in [7, 11) is 0. The molecule has 0 radical (unpaired) electrons. The normalized spacial score (nSPS) is 52.9. The Balaban J connectivity index is 1.07. The molecule has 0 saturated carbocycles. The van der Waals surface area contributed by atoms with Crippen molar-refractivity contribution in [1.82, 2.24) is 0 Å². The van der Waals surface area contributed by atoms with Gasteiger partial charge in [0.15, 0.2) is 44.0 Å². The highest BCUT2D eigenvalue weighted by Crippen LogP contribution is 2.40. The van der Waals surface area contributed by atoms with Crippen LogP contribution < -0.4 is 0 Å². The molecule has 18 aliphatic rings. The third-order valence-electron chi connectivity index (χ3n) is 16.2. The fraction of sp³-hybridized carbons (Fsp3) is 1.00. The number of rotatable bonds is 10. The highest BCUT2D eigenvalue weighted by Gasteiger charge is 2.59. The van der Waals surface area contributed by atoms with E-state index in [4.69, 9.17) is 76.1 Å². The standard InChI is InChI=1S/C48H74Br8O32/c1-10(57)19(58)40-18(9-56)87-88-41-17(8-55)79-48(33(72)26(41)65)85-39-15(6-53)77-46(31(70)24(39)63)83-37-13(4-51)75-44(29(68)22(37)61)81-35-11(2-49)73-42(27(66)20(35)59)80-34-12(3-50)74-43(28(67)21(34)60)82-36-14(5-52)76-45(30(69)23(36)62)84-38-16(7-54)78-47(86-40)32(71)25(38)64/h10-48,57-72H,2-9H2,1H3. The summed E-state index contributed by atoms with van der Waals surface area (Å²) in [6, 6.07) is 0. The maximum atomic E-state index is 11.7. The summed E-state index contributed by atoms with van der Waals surface area (Å²) in [5.41, 5.74) is 0. The Morgan fingerprint density at radius 3 is 0.614 bits per heavy atom. The van der Waals surface area contributed by atoms with Crippen molar-refractivity contribution in [2.45, 2.75) is 246 Å². The lowest BCUT2D eigenvalue weighted by Crippen LogP contribution is -2.68. The van der Waals surface area contributed by atoms with E-state index in [2.05, 4.69) is 127 Å². The second kappa shape index (κ2) is 34.1. The molecule has 0 aromatic heterocycles. The van der Waals surface area contributed by atoms with Crippen LogP contribution in [0.25, 0.3) is 0 Å². The van der Waals surface area contributed by atoms with Crippen LogP contribution in [-0.4, -0.2) is 364 Å². The van der Waals surface area contributed by atoms with Gasteiger partial charge in [0, 0.05) is 42.6 Å². The van der Waals surface area contributed by atoms with Gasteiger partial charge < -0.3 is 148 Å². The number of hydrogen-bond acceptors (Lipinski definition) is 32. The van der Waals surface area contributed by atoms with Crippen molar-refractivity contribution in [3.8, 4) is 0 Å². The van der Waals surface area contributed by atoms with Gasteiger partial charge in [0.05, 0.1) is 42.7 Å². The Hall–Kier alpha value is 2.56. The van der Waals surface area contributed by atoms with E-state index in [9.17, 15) is 81.7 Å². The Kier molecular flexibility index (Phi) is 29.6. The summed E-state index contributed by atoms with van der Waals surface area (Å²) in [6.45, 7) is 1.20. The molecule has 0 amide bonds. The third-order valence-corrected chi connectivity index (χ3v) is 21.3. The molecule has 16 N–H and O–H groups in total. The monoisotopic (exact) mass is 1790 g/mol. The van der Waals surface area contributed by atoms with E-state index in [-0.39, 0.29) is 42.6 Å². The SMILES string of the molecule is CC(O)C(O)C1OC2OC(CBr)C(OC3OC(CBr)C(OC4OC(CBr)C(OC5OC(CBr)C(OC6OC(CBr)C(OC7OC(CBr)C(OC8OC(CBr)C(OOC1CBr)C(O)C8O)C(O)C7O)C(O)C6O)C(O)C5O)C(O)C4O)C(O)C3O)C(O)C2O. The molecule has 0 aromatic rings. The third kappa shape index (κ3) is 16.4. The molecule has 88 heavy (non-hydrogen) atoms. The number of hydrogen-bond donors (Lipinski definition) is 16. The summed E-state index contributed by atoms with van der Waals surface area (Å²) in [6.07, 6.45) is -66.3. The molecular formula is C48H74Br8O32. The largest absolute Gasteiger partial charge is 0.391 e. The first kappa shape index (κ1) is 76.3. The van der Waals surface area contributed by atoms with Crippen molar-refractivity contribution in [3.05, 3.63) is 0 Å². The van der Waals surface area contributed by atoms with Gasteiger partial charge in [0.2, 0.25) is 0 Å². The fourth-order valence-electron chi connectivity index (χ4n) is 11.2. The first-order valence-electron chi connectivity index (χ1n) is 27.7. The van der Waals surface area contributed by atoms with Crippen LogP contribution in [0.1, 0.15) is 6.92 Å². The minimum Gasteiger partial charge on any atom is -0.391 e. The molecule has 18 rings (SSSR count). The van der Waals surface area contributed by atoms with Crippen molar-refractivity contribution in [3.63, 3.8) is 0 Å². The minimum atomic E-state index is -2.04. The summed E-state index contributed by atoms with van der Waals surface area (Å²) in [4.78, 5) is 11.4. The lowest BCUT2D eigenvalue weighted by Gasteiger charge is -2.50. The zero-order valence-electron chi connectivity index (χ0n) is 45.9. The molecule has 14 bridgehead atoms. The van der Waals surface area contributed by atoms with Gasteiger partial charge in [-0.25, -0.2) is 9.78 Å². The number of ether oxygens (including phenoxy) is 14. The molecule has 32 nitrogen and oxygen atoms in total. The zero-order valence-corrected chi connectivity index (χ0v) is 58.6. The van der Waals surface area contributed by atoms with E-state index in [1.165, 1.54) is 6.92 Å². The molecule has 18 saturated heterocycles. The predicted octanol–water partition coefficient (Wildman–Crippen LogP) is -5.59. The van der Waals surface area contributed by atoms with Crippen LogP contribution in [0.5, 0.6) is 0 Å². The second-order valence-electron chi connectivity index (χ2n) is 22.0. The number of aliphatic hydroxyl groups excluding tert-OH is 16. The van der Waals surface area contributed by atoms with Gasteiger partial charge in [-0.15, -0.1) is 0 Å². The molecular weight excluding hydrogens is 1730 g/mol. The van der Waals surface area contributed by atoms with Crippen molar-refractivity contribution in [2.75, 3.05) is 42.6 Å². The van der Waals surface area contributed by atoms with Crippen LogP contribution in [0.3, 0.4) is 0 Å². The predicted molar refractivity (Wildman–Crippen MR) is 317 cm³/mol. The van der Waals surface area contributed by atoms with E-state index in [0.717, 1.165) is 0 Å². The number of fused-ring (bicyclic) bond motifs is 1. The number of halogens is 8. The summed E-state index contributed by atoms with van der Waals surface area (Å²) in [5, 5.41) is 183. The van der Waals surface area contributed by atoms with E-state index >= 15 is 0 Å². The van der Waals surface area contributed by atoms with Crippen LogP contribution in [0.2, 0.25) is 0 Å². The molecule has 0 aliphatic carbocycles. The van der Waals surface area contributed by atoms with Gasteiger partial charge in [0.1, 0.15) is 153 Å². The van der Waals surface area contributed by atoms with Crippen LogP contribution in [0.15, 0.2) is 0 Å². The van der Waals surface area contributed by atoms with Crippen LogP contribution in [0.4, 0.5) is 0 Å². The number of alkyl halides is 8. The van der Waals surface area contributed by atoms with Gasteiger partial charge in [-0.05, 0) is 6.92 Å². The topological polar surface area (TPSA) is 471 Å². The molecule has 18 heterocycles. The molecule has 39 unspecified atom stereocenters. The Morgan fingerprint density at radius 1 is 0.239 bits per heavy atom. The molecule has 0 spiro atoms. The van der Waals surface area contributed by atoms with Gasteiger partial charge in [0.25, 0.3) is 0 Å². The highest BCUT2D eigenvalue weighted by atomic mass is 79.9. The molecule has 514 valence electrons. The van der Waals surface area contributed by atoms with Crippen molar-refractivity contribution < 1.29 is 158 Å². The minimum absolute atomic E-state index is 0.131. The van der Waals surface area contributed by atoms with Gasteiger partial charge in [-0.3, -0.25) is 0 Å². The fourth-order valence-corrected chi connectivity index (χ4v) is 15.3. The first-order chi connectivity index (χ1) is 41.8. The zero-order chi connectivity index (χ0) is 64.5. The van der Waals surface area contributed by atoms with Gasteiger partial charge in [-0.1, -0.05) is 127 Å². The molecule has 0 aromatic carbocycles. The summed E-state index contributed by atoms with van der Waals surface area (Å²) >= 11 is 26.3. The lowest BCUT2D eigenvalue weighted by atomic mass is 9.95. The van der Waals surface area contributed by atoms with Gasteiger partial charge in [-0.2, -0.15) is 0 Å². The highest BCUT2D eigenvalue weighted by molar-refractivity contribution is 9.10. The van der Waals surface area contributed by atoms with Crippen molar-refractivity contribution in [2.24, 2.45) is 0 Å². The van der Waals surface area contributed by atoms with Crippen molar-refractivity contribution in [1.29, 1.82) is 0 Å². The van der Waals surface area contributed by atoms with E-state index in [1.807, 2.05) is 0 Å². The maximum Gasteiger partial charge on any atom is 0.187 e. The molecule has 39 atom stereocenters. The van der Waals surface area contributed by atoms with Gasteiger partial charge >= 0.3 is 0 Å². The Morgan fingerprint density at radius 2 is 0.420 bits per heavy atom. The van der Waals surface area contributed by atoms with E-state index in [0.29, 0.717) is 0 Å². The Labute approximate surface area is 569 Å². The molecule has 40 heteroatoms. The van der Waals surface area contributed by atoms with Crippen molar-refractivity contribution >= 4 is 127 Å². The maximum absolute atomic E-state index is 11.7. The van der Waals surface area contributed by atoms with E-state index < -0.39 is 239 Å². The van der Waals surface area contributed by atoms with Crippen LogP contribution in [-0.2, 0) is 76.1 Å². The first-order valence-corrected chi connectivity index (χ1v) is 36.7. The number of aliphatic hydroxyl groups is 16. The second-order valence-corrected chi connectivity index (χ2v) is 27.2. The smallest absolute Gasteiger partial charge is 0.187 e.